The van der Waals surface area contributed by atoms with Gasteiger partial charge in [0.15, 0.2) is 0 Å². The first-order valence-electron chi connectivity index (χ1n) is 5.65. The van der Waals surface area contributed by atoms with Crippen molar-refractivity contribution in [3.05, 3.63) is 35.4 Å². The van der Waals surface area contributed by atoms with Crippen molar-refractivity contribution in [2.75, 3.05) is 13.6 Å². The van der Waals surface area contributed by atoms with Gasteiger partial charge in [0.25, 0.3) is 0 Å². The molecule has 0 aliphatic carbocycles. The summed E-state index contributed by atoms with van der Waals surface area (Å²) in [7, 11) is 2.10. The maximum absolute atomic E-state index is 7.14. The molecule has 0 amide bonds. The molecule has 0 saturated heterocycles. The number of nitrogens with two attached hydrogens (primary N) is 1. The number of rotatable bonds is 6. The topological polar surface area (TPSA) is 53.1 Å². The highest BCUT2D eigenvalue weighted by atomic mass is 15.1. The lowest BCUT2D eigenvalue weighted by Gasteiger charge is -2.16. The number of benzene rings is 1. The van der Waals surface area contributed by atoms with Gasteiger partial charge in [-0.15, -0.1) is 0 Å². The molecule has 88 valence electrons. The predicted molar refractivity (Wildman–Crippen MR) is 68.7 cm³/mol. The van der Waals surface area contributed by atoms with Crippen molar-refractivity contribution in [3.8, 4) is 0 Å². The molecule has 0 aliphatic heterocycles. The minimum atomic E-state index is 0.281. The van der Waals surface area contributed by atoms with E-state index in [4.69, 9.17) is 11.1 Å². The van der Waals surface area contributed by atoms with Gasteiger partial charge in [-0.25, -0.2) is 0 Å². The highest BCUT2D eigenvalue weighted by Gasteiger charge is 2.00. The van der Waals surface area contributed by atoms with Gasteiger partial charge in [0.2, 0.25) is 0 Å². The number of hydrogen-bond donors (Lipinski definition) is 2. The fourth-order valence-electron chi connectivity index (χ4n) is 1.62. The summed E-state index contributed by atoms with van der Waals surface area (Å²) in [5.74, 6) is 0.281. The van der Waals surface area contributed by atoms with Crippen LogP contribution >= 0.6 is 0 Å². The lowest BCUT2D eigenvalue weighted by molar-refractivity contribution is 0.324. The molecule has 0 saturated carbocycles. The minimum absolute atomic E-state index is 0.281. The van der Waals surface area contributed by atoms with E-state index in [2.05, 4.69) is 43.1 Å². The summed E-state index contributed by atoms with van der Waals surface area (Å²) >= 11 is 0. The van der Waals surface area contributed by atoms with Gasteiger partial charge < -0.3 is 10.6 Å². The number of amidine groups is 1. The maximum atomic E-state index is 7.14. The largest absolute Gasteiger partial charge is 0.388 e. The van der Waals surface area contributed by atoms with Crippen molar-refractivity contribution in [1.29, 1.82) is 5.41 Å². The van der Waals surface area contributed by atoms with E-state index in [9.17, 15) is 0 Å². The smallest absolute Gasteiger partial charge is 0.0905 e. The van der Waals surface area contributed by atoms with E-state index in [1.54, 1.807) is 0 Å². The van der Waals surface area contributed by atoms with Crippen LogP contribution in [0.3, 0.4) is 0 Å². The van der Waals surface area contributed by atoms with Gasteiger partial charge in [0.05, 0.1) is 5.84 Å². The zero-order valence-electron chi connectivity index (χ0n) is 10.2. The molecule has 3 heteroatoms. The van der Waals surface area contributed by atoms with Crippen LogP contribution in [0.4, 0.5) is 0 Å². The van der Waals surface area contributed by atoms with Gasteiger partial charge in [-0.1, -0.05) is 29.8 Å². The molecule has 0 atom stereocenters. The number of nitrogens with zero attached hydrogens (tertiary/aromatic N) is 1. The van der Waals surface area contributed by atoms with Crippen molar-refractivity contribution in [2.24, 2.45) is 5.73 Å². The maximum Gasteiger partial charge on any atom is 0.0905 e. The van der Waals surface area contributed by atoms with Crippen molar-refractivity contribution >= 4 is 5.84 Å². The second-order valence-electron chi connectivity index (χ2n) is 4.35. The summed E-state index contributed by atoms with van der Waals surface area (Å²) in [6.45, 7) is 4.03. The average Bonchev–Trinajstić information content (AvgIpc) is 2.21. The SMILES string of the molecule is Cc1ccc(CN(C)CCCC(=N)N)cc1. The highest BCUT2D eigenvalue weighted by molar-refractivity contribution is 5.76. The monoisotopic (exact) mass is 219 g/mol. The van der Waals surface area contributed by atoms with E-state index in [-0.39, 0.29) is 5.84 Å². The van der Waals surface area contributed by atoms with Crippen LogP contribution < -0.4 is 5.73 Å². The van der Waals surface area contributed by atoms with E-state index >= 15 is 0 Å². The molecular formula is C13H21N3. The quantitative estimate of drug-likeness (QED) is 0.569. The Balaban J connectivity index is 2.31. The van der Waals surface area contributed by atoms with E-state index < -0.39 is 0 Å². The number of hydrogen-bond acceptors (Lipinski definition) is 2. The van der Waals surface area contributed by atoms with Gasteiger partial charge in [-0.05, 0) is 32.5 Å². The number of aryl methyl sites for hydroxylation is 1. The predicted octanol–water partition coefficient (Wildman–Crippen LogP) is 2.14. The van der Waals surface area contributed by atoms with Crippen LogP contribution in [0.5, 0.6) is 0 Å². The molecule has 0 aromatic heterocycles. The Morgan fingerprint density at radius 2 is 1.94 bits per heavy atom. The van der Waals surface area contributed by atoms with Gasteiger partial charge in [0, 0.05) is 13.0 Å². The number of nitrogens with one attached hydrogen (secondary N) is 1. The molecule has 0 spiro atoms. The first kappa shape index (κ1) is 12.7. The summed E-state index contributed by atoms with van der Waals surface area (Å²) in [6, 6.07) is 8.60. The Hall–Kier alpha value is -1.35. The van der Waals surface area contributed by atoms with Crippen LogP contribution in [-0.2, 0) is 6.54 Å². The second kappa shape index (κ2) is 6.28. The first-order valence-corrected chi connectivity index (χ1v) is 5.65. The summed E-state index contributed by atoms with van der Waals surface area (Å²) in [4.78, 5) is 2.26. The van der Waals surface area contributed by atoms with Gasteiger partial charge >= 0.3 is 0 Å². The Kier molecular flexibility index (Phi) is 4.99. The van der Waals surface area contributed by atoms with Crippen molar-refractivity contribution in [2.45, 2.75) is 26.3 Å². The third-order valence-corrected chi connectivity index (χ3v) is 2.56. The Morgan fingerprint density at radius 1 is 1.31 bits per heavy atom. The molecule has 3 N–H and O–H groups in total. The fraction of sp³-hybridized carbons (Fsp3) is 0.462. The van der Waals surface area contributed by atoms with E-state index in [1.165, 1.54) is 11.1 Å². The zero-order valence-corrected chi connectivity index (χ0v) is 10.2. The highest BCUT2D eigenvalue weighted by Crippen LogP contribution is 2.06. The lowest BCUT2D eigenvalue weighted by atomic mass is 10.1. The molecule has 0 unspecified atom stereocenters. The third-order valence-electron chi connectivity index (χ3n) is 2.56. The van der Waals surface area contributed by atoms with Crippen LogP contribution in [0.15, 0.2) is 24.3 Å². The van der Waals surface area contributed by atoms with Gasteiger partial charge in [-0.2, -0.15) is 0 Å². The van der Waals surface area contributed by atoms with Gasteiger partial charge in [-0.3, -0.25) is 5.41 Å². The summed E-state index contributed by atoms with van der Waals surface area (Å²) < 4.78 is 0. The fourth-order valence-corrected chi connectivity index (χ4v) is 1.62. The summed E-state index contributed by atoms with van der Waals surface area (Å²) in [5.41, 5.74) is 7.94. The van der Waals surface area contributed by atoms with Crippen LogP contribution in [0.25, 0.3) is 0 Å². The zero-order chi connectivity index (χ0) is 12.0. The van der Waals surface area contributed by atoms with E-state index in [1.807, 2.05) is 0 Å². The molecule has 0 bridgehead atoms. The van der Waals surface area contributed by atoms with Crippen LogP contribution in [0.2, 0.25) is 0 Å². The normalized spacial score (nSPS) is 10.7. The lowest BCUT2D eigenvalue weighted by Crippen LogP contribution is -2.21. The standard InChI is InChI=1S/C13H21N3/c1-11-5-7-12(8-6-11)10-16(2)9-3-4-13(14)15/h5-8H,3-4,9-10H2,1-2H3,(H3,14,15). The van der Waals surface area contributed by atoms with Gasteiger partial charge in [0.1, 0.15) is 0 Å². The molecule has 0 aliphatic rings. The molecule has 16 heavy (non-hydrogen) atoms. The Morgan fingerprint density at radius 3 is 2.50 bits per heavy atom. The molecule has 3 nitrogen and oxygen atoms in total. The third kappa shape index (κ3) is 4.94. The minimum Gasteiger partial charge on any atom is -0.388 e. The summed E-state index contributed by atoms with van der Waals surface area (Å²) in [6.07, 6.45) is 1.65. The van der Waals surface area contributed by atoms with Crippen molar-refractivity contribution in [3.63, 3.8) is 0 Å². The second-order valence-corrected chi connectivity index (χ2v) is 4.35. The molecule has 0 fully saturated rings. The average molecular weight is 219 g/mol. The molecule has 0 heterocycles. The van der Waals surface area contributed by atoms with E-state index in [0.29, 0.717) is 6.42 Å². The molecule has 1 aromatic rings. The van der Waals surface area contributed by atoms with Crippen molar-refractivity contribution in [1.82, 2.24) is 4.90 Å². The Labute approximate surface area is 97.8 Å². The Bertz CT molecular complexity index is 330. The van der Waals surface area contributed by atoms with Crippen LogP contribution in [0.1, 0.15) is 24.0 Å². The molecular weight excluding hydrogens is 198 g/mol. The van der Waals surface area contributed by atoms with Crippen LogP contribution in [-0.4, -0.2) is 24.3 Å². The first-order chi connectivity index (χ1) is 7.58. The van der Waals surface area contributed by atoms with E-state index in [0.717, 1.165) is 19.5 Å². The summed E-state index contributed by atoms with van der Waals surface area (Å²) in [5, 5.41) is 7.14. The molecule has 1 aromatic carbocycles. The van der Waals surface area contributed by atoms with Crippen molar-refractivity contribution < 1.29 is 0 Å². The molecule has 1 rings (SSSR count). The van der Waals surface area contributed by atoms with Crippen LogP contribution in [0, 0.1) is 12.3 Å². The molecule has 0 radical (unpaired) electrons.